The SMILES string of the molecule is C=C(C)C(CCCC)OC(C)=O. The molecule has 0 aliphatic rings. The third-order valence-electron chi connectivity index (χ3n) is 1.68. The number of hydrogen-bond acceptors (Lipinski definition) is 2. The van der Waals surface area contributed by atoms with E-state index in [1.807, 2.05) is 6.92 Å². The van der Waals surface area contributed by atoms with Crippen molar-refractivity contribution in [2.75, 3.05) is 0 Å². The zero-order valence-electron chi connectivity index (χ0n) is 8.22. The lowest BCUT2D eigenvalue weighted by molar-refractivity contribution is -0.144. The van der Waals surface area contributed by atoms with E-state index in [0.29, 0.717) is 0 Å². The third kappa shape index (κ3) is 4.94. The van der Waals surface area contributed by atoms with Crippen LogP contribution in [0.2, 0.25) is 0 Å². The lowest BCUT2D eigenvalue weighted by Crippen LogP contribution is -2.16. The van der Waals surface area contributed by atoms with Crippen molar-refractivity contribution in [3.05, 3.63) is 12.2 Å². The summed E-state index contributed by atoms with van der Waals surface area (Å²) in [6.07, 6.45) is 3.00. The highest BCUT2D eigenvalue weighted by molar-refractivity contribution is 5.66. The molecule has 0 saturated heterocycles. The van der Waals surface area contributed by atoms with Crippen LogP contribution in [0.4, 0.5) is 0 Å². The highest BCUT2D eigenvalue weighted by atomic mass is 16.5. The van der Waals surface area contributed by atoms with E-state index in [9.17, 15) is 4.79 Å². The maximum Gasteiger partial charge on any atom is 0.303 e. The third-order valence-corrected chi connectivity index (χ3v) is 1.68. The van der Waals surface area contributed by atoms with Crippen LogP contribution in [0.1, 0.15) is 40.0 Å². The number of rotatable bonds is 5. The number of ether oxygens (including phenoxy) is 1. The van der Waals surface area contributed by atoms with Crippen molar-refractivity contribution in [2.45, 2.75) is 46.1 Å². The van der Waals surface area contributed by atoms with Crippen LogP contribution in [0, 0.1) is 0 Å². The van der Waals surface area contributed by atoms with Crippen molar-refractivity contribution in [3.63, 3.8) is 0 Å². The van der Waals surface area contributed by atoms with Crippen LogP contribution in [0.25, 0.3) is 0 Å². The van der Waals surface area contributed by atoms with Gasteiger partial charge >= 0.3 is 5.97 Å². The Kier molecular flexibility index (Phi) is 5.43. The molecule has 0 bridgehead atoms. The molecule has 1 atom stereocenters. The zero-order chi connectivity index (χ0) is 9.56. The van der Waals surface area contributed by atoms with Crippen molar-refractivity contribution < 1.29 is 9.53 Å². The Morgan fingerprint density at radius 1 is 1.50 bits per heavy atom. The fourth-order valence-electron chi connectivity index (χ4n) is 0.996. The predicted molar refractivity (Wildman–Crippen MR) is 49.9 cm³/mol. The second-order valence-corrected chi connectivity index (χ2v) is 3.09. The van der Waals surface area contributed by atoms with Crippen LogP contribution in [0.5, 0.6) is 0 Å². The Morgan fingerprint density at radius 2 is 2.08 bits per heavy atom. The molecule has 70 valence electrons. The van der Waals surface area contributed by atoms with Gasteiger partial charge in [-0.2, -0.15) is 0 Å². The van der Waals surface area contributed by atoms with Crippen LogP contribution >= 0.6 is 0 Å². The first-order valence-electron chi connectivity index (χ1n) is 4.40. The second kappa shape index (κ2) is 5.81. The first-order valence-corrected chi connectivity index (χ1v) is 4.40. The molecule has 2 heteroatoms. The van der Waals surface area contributed by atoms with Gasteiger partial charge in [0.05, 0.1) is 0 Å². The molecule has 1 unspecified atom stereocenters. The highest BCUT2D eigenvalue weighted by Crippen LogP contribution is 2.12. The molecule has 0 saturated carbocycles. The van der Waals surface area contributed by atoms with Gasteiger partial charge in [0.2, 0.25) is 0 Å². The fraction of sp³-hybridized carbons (Fsp3) is 0.700. The predicted octanol–water partition coefficient (Wildman–Crippen LogP) is 2.68. The number of carbonyl (C=O) groups is 1. The maximum atomic E-state index is 10.7. The molecule has 0 aromatic rings. The summed E-state index contributed by atoms with van der Waals surface area (Å²) in [4.78, 5) is 10.7. The summed E-state index contributed by atoms with van der Waals surface area (Å²) in [6, 6.07) is 0. The molecule has 0 aromatic carbocycles. The van der Waals surface area contributed by atoms with Gasteiger partial charge in [-0.05, 0) is 25.3 Å². The van der Waals surface area contributed by atoms with Crippen molar-refractivity contribution in [1.29, 1.82) is 0 Å². The number of esters is 1. The summed E-state index contributed by atoms with van der Waals surface area (Å²) in [5, 5.41) is 0. The largest absolute Gasteiger partial charge is 0.458 e. The van der Waals surface area contributed by atoms with E-state index < -0.39 is 0 Å². The first kappa shape index (κ1) is 11.2. The van der Waals surface area contributed by atoms with Crippen LogP contribution in [-0.4, -0.2) is 12.1 Å². The van der Waals surface area contributed by atoms with Crippen molar-refractivity contribution in [3.8, 4) is 0 Å². The highest BCUT2D eigenvalue weighted by Gasteiger charge is 2.11. The maximum absolute atomic E-state index is 10.7. The molecule has 0 fully saturated rings. The normalized spacial score (nSPS) is 12.2. The van der Waals surface area contributed by atoms with Gasteiger partial charge in [0, 0.05) is 6.92 Å². The average Bonchev–Trinajstić information content (AvgIpc) is 1.96. The molecule has 0 aliphatic heterocycles. The molecule has 0 heterocycles. The molecule has 0 N–H and O–H groups in total. The van der Waals surface area contributed by atoms with Gasteiger partial charge in [-0.1, -0.05) is 19.9 Å². The van der Waals surface area contributed by atoms with E-state index in [4.69, 9.17) is 4.74 Å². The number of hydrogen-bond donors (Lipinski definition) is 0. The molecule has 0 radical (unpaired) electrons. The second-order valence-electron chi connectivity index (χ2n) is 3.09. The quantitative estimate of drug-likeness (QED) is 0.468. The molecule has 0 spiro atoms. The summed E-state index contributed by atoms with van der Waals surface area (Å²) in [6.45, 7) is 9.22. The smallest absolute Gasteiger partial charge is 0.303 e. The van der Waals surface area contributed by atoms with E-state index in [-0.39, 0.29) is 12.1 Å². The van der Waals surface area contributed by atoms with Crippen molar-refractivity contribution in [1.82, 2.24) is 0 Å². The summed E-state index contributed by atoms with van der Waals surface area (Å²) in [7, 11) is 0. The number of unbranched alkanes of at least 4 members (excludes halogenated alkanes) is 1. The topological polar surface area (TPSA) is 26.3 Å². The fourth-order valence-corrected chi connectivity index (χ4v) is 0.996. The number of carbonyl (C=O) groups excluding carboxylic acids is 1. The zero-order valence-corrected chi connectivity index (χ0v) is 8.22. The van der Waals surface area contributed by atoms with Gasteiger partial charge in [0.25, 0.3) is 0 Å². The van der Waals surface area contributed by atoms with Gasteiger partial charge in [-0.3, -0.25) is 4.79 Å². The van der Waals surface area contributed by atoms with E-state index in [1.54, 1.807) is 0 Å². The van der Waals surface area contributed by atoms with E-state index in [1.165, 1.54) is 6.92 Å². The van der Waals surface area contributed by atoms with Crippen molar-refractivity contribution >= 4 is 5.97 Å². The Morgan fingerprint density at radius 3 is 2.42 bits per heavy atom. The Hall–Kier alpha value is -0.790. The van der Waals surface area contributed by atoms with Crippen LogP contribution in [0.15, 0.2) is 12.2 Å². The van der Waals surface area contributed by atoms with Crippen LogP contribution in [0.3, 0.4) is 0 Å². The van der Waals surface area contributed by atoms with E-state index in [2.05, 4.69) is 13.5 Å². The van der Waals surface area contributed by atoms with Gasteiger partial charge in [-0.25, -0.2) is 0 Å². The summed E-state index contributed by atoms with van der Waals surface area (Å²) in [5.74, 6) is -0.223. The standard InChI is InChI=1S/C10H18O2/c1-5-6-7-10(8(2)3)12-9(4)11/h10H,2,5-7H2,1,3-4H3. The Balaban J connectivity index is 3.87. The Labute approximate surface area is 74.6 Å². The molecular weight excluding hydrogens is 152 g/mol. The summed E-state index contributed by atoms with van der Waals surface area (Å²) < 4.78 is 5.08. The summed E-state index contributed by atoms with van der Waals surface area (Å²) >= 11 is 0. The molecular formula is C10H18O2. The van der Waals surface area contributed by atoms with Gasteiger partial charge in [0.15, 0.2) is 0 Å². The molecule has 0 rings (SSSR count). The lowest BCUT2D eigenvalue weighted by Gasteiger charge is -2.16. The molecule has 0 aromatic heterocycles. The summed E-state index contributed by atoms with van der Waals surface area (Å²) in [5.41, 5.74) is 0.929. The minimum Gasteiger partial charge on any atom is -0.458 e. The minimum absolute atomic E-state index is 0.0811. The molecule has 0 amide bonds. The van der Waals surface area contributed by atoms with Crippen molar-refractivity contribution in [2.24, 2.45) is 0 Å². The lowest BCUT2D eigenvalue weighted by atomic mass is 10.1. The Bertz CT molecular complexity index is 161. The van der Waals surface area contributed by atoms with E-state index in [0.717, 1.165) is 24.8 Å². The molecule has 0 aliphatic carbocycles. The van der Waals surface area contributed by atoms with Crippen LogP contribution in [-0.2, 0) is 9.53 Å². The van der Waals surface area contributed by atoms with Gasteiger partial charge in [-0.15, -0.1) is 0 Å². The van der Waals surface area contributed by atoms with Gasteiger partial charge < -0.3 is 4.74 Å². The molecule has 2 nitrogen and oxygen atoms in total. The molecule has 12 heavy (non-hydrogen) atoms. The van der Waals surface area contributed by atoms with Crippen LogP contribution < -0.4 is 0 Å². The average molecular weight is 170 g/mol. The van der Waals surface area contributed by atoms with Gasteiger partial charge in [0.1, 0.15) is 6.10 Å². The first-order chi connectivity index (χ1) is 5.57. The van der Waals surface area contributed by atoms with E-state index >= 15 is 0 Å². The monoisotopic (exact) mass is 170 g/mol. The minimum atomic E-state index is -0.223.